The molecule has 6 nitrogen and oxygen atoms in total. The van der Waals surface area contributed by atoms with Crippen molar-refractivity contribution < 1.29 is 5.21 Å². The summed E-state index contributed by atoms with van der Waals surface area (Å²) in [6.45, 7) is 3.14. The molecule has 0 aromatic heterocycles. The topological polar surface area (TPSA) is 72.6 Å². The Morgan fingerprint density at radius 2 is 1.68 bits per heavy atom. The van der Waals surface area contributed by atoms with Crippen LogP contribution in [0.15, 0.2) is 69.8 Å². The Balaban J connectivity index is 2.12. The Hall–Kier alpha value is -2.41. The lowest BCUT2D eigenvalue weighted by Crippen LogP contribution is -2.27. The molecule has 0 aliphatic rings. The van der Waals surface area contributed by atoms with Gasteiger partial charge in [0.2, 0.25) is 0 Å². The second-order valence-corrected chi connectivity index (χ2v) is 6.55. The standard InChI is InChI=1S/C20H23Cl2N5O/c1-16(25-23-15-17-5-3-2-4-6-17)20(26-28)24-18-7-9-19(10-8-18)27(13-11-21)14-12-22/h2-10,15,28H,11-14H2,1H3,(H,24,26)/b23-15+,25-16+. The largest absolute Gasteiger partial charge is 0.369 e. The van der Waals surface area contributed by atoms with E-state index in [9.17, 15) is 5.21 Å². The smallest absolute Gasteiger partial charge is 0.173 e. The molecule has 8 heteroatoms. The summed E-state index contributed by atoms with van der Waals surface area (Å²) >= 11 is 11.7. The predicted octanol–water partition coefficient (Wildman–Crippen LogP) is 4.47. The summed E-state index contributed by atoms with van der Waals surface area (Å²) in [4.78, 5) is 6.48. The third-order valence-corrected chi connectivity index (χ3v) is 4.17. The van der Waals surface area contributed by atoms with E-state index in [1.807, 2.05) is 54.6 Å². The van der Waals surface area contributed by atoms with E-state index in [1.54, 1.807) is 13.1 Å². The average Bonchev–Trinajstić information content (AvgIpc) is 2.73. The molecule has 2 N–H and O–H groups in total. The number of halogens is 2. The van der Waals surface area contributed by atoms with Crippen LogP contribution < -0.4 is 10.4 Å². The van der Waals surface area contributed by atoms with Crippen molar-refractivity contribution in [3.05, 3.63) is 60.2 Å². The summed E-state index contributed by atoms with van der Waals surface area (Å²) in [5.41, 5.74) is 5.14. The van der Waals surface area contributed by atoms with Gasteiger partial charge in [-0.15, -0.1) is 23.2 Å². The first-order valence-corrected chi connectivity index (χ1v) is 9.83. The van der Waals surface area contributed by atoms with E-state index >= 15 is 0 Å². The molecule has 0 saturated carbocycles. The van der Waals surface area contributed by atoms with Crippen LogP contribution in [0.5, 0.6) is 0 Å². The Labute approximate surface area is 175 Å². The summed E-state index contributed by atoms with van der Waals surface area (Å²) < 4.78 is 0. The minimum atomic E-state index is 0.219. The molecule has 148 valence electrons. The lowest BCUT2D eigenvalue weighted by atomic mass is 10.2. The van der Waals surface area contributed by atoms with E-state index in [4.69, 9.17) is 23.2 Å². The molecule has 0 aliphatic carbocycles. The zero-order valence-corrected chi connectivity index (χ0v) is 17.1. The van der Waals surface area contributed by atoms with Crippen LogP contribution in [0.25, 0.3) is 0 Å². The Morgan fingerprint density at radius 1 is 1.04 bits per heavy atom. The van der Waals surface area contributed by atoms with Gasteiger partial charge in [-0.2, -0.15) is 10.2 Å². The van der Waals surface area contributed by atoms with E-state index in [0.29, 0.717) is 36.2 Å². The van der Waals surface area contributed by atoms with Crippen LogP contribution in [0.1, 0.15) is 12.5 Å². The molecule has 2 aromatic carbocycles. The molecular formula is C20H23Cl2N5O. The summed E-state index contributed by atoms with van der Waals surface area (Å²) in [5, 5.41) is 17.5. The maximum atomic E-state index is 9.41. The summed E-state index contributed by atoms with van der Waals surface area (Å²) in [7, 11) is 0. The number of hydroxylamine groups is 1. The zero-order chi connectivity index (χ0) is 20.2. The van der Waals surface area contributed by atoms with E-state index in [2.05, 4.69) is 25.6 Å². The number of amidine groups is 1. The number of hydrogen-bond acceptors (Lipinski definition) is 5. The highest BCUT2D eigenvalue weighted by molar-refractivity contribution is 6.40. The minimum absolute atomic E-state index is 0.219. The summed E-state index contributed by atoms with van der Waals surface area (Å²) in [5.74, 6) is 1.26. The zero-order valence-electron chi connectivity index (χ0n) is 15.6. The van der Waals surface area contributed by atoms with Crippen molar-refractivity contribution in [3.8, 4) is 0 Å². The van der Waals surface area contributed by atoms with Crippen LogP contribution in [-0.2, 0) is 0 Å². The number of rotatable bonds is 9. The van der Waals surface area contributed by atoms with Crippen LogP contribution >= 0.6 is 23.2 Å². The fourth-order valence-corrected chi connectivity index (χ4v) is 2.80. The highest BCUT2D eigenvalue weighted by Gasteiger charge is 2.06. The number of aliphatic imine (C=N–C) groups is 1. The number of anilines is 1. The van der Waals surface area contributed by atoms with Gasteiger partial charge in [-0.05, 0) is 36.8 Å². The van der Waals surface area contributed by atoms with Gasteiger partial charge in [0.1, 0.15) is 5.71 Å². The van der Waals surface area contributed by atoms with Crippen LogP contribution in [0, 0.1) is 0 Å². The first-order valence-electron chi connectivity index (χ1n) is 8.76. The van der Waals surface area contributed by atoms with Gasteiger partial charge >= 0.3 is 0 Å². The van der Waals surface area contributed by atoms with E-state index in [-0.39, 0.29) is 5.84 Å². The lowest BCUT2D eigenvalue weighted by Gasteiger charge is -2.22. The van der Waals surface area contributed by atoms with Gasteiger partial charge in [-0.25, -0.2) is 4.99 Å². The quantitative estimate of drug-likeness (QED) is 0.272. The maximum Gasteiger partial charge on any atom is 0.173 e. The summed E-state index contributed by atoms with van der Waals surface area (Å²) in [6.07, 6.45) is 1.63. The molecule has 28 heavy (non-hydrogen) atoms. The fourth-order valence-electron chi connectivity index (χ4n) is 2.40. The molecule has 0 spiro atoms. The van der Waals surface area contributed by atoms with Crippen molar-refractivity contribution in [2.45, 2.75) is 6.92 Å². The molecule has 0 heterocycles. The van der Waals surface area contributed by atoms with Gasteiger partial charge in [-0.1, -0.05) is 30.3 Å². The van der Waals surface area contributed by atoms with Crippen molar-refractivity contribution in [1.29, 1.82) is 0 Å². The predicted molar refractivity (Wildman–Crippen MR) is 119 cm³/mol. The van der Waals surface area contributed by atoms with Gasteiger partial charge < -0.3 is 4.90 Å². The van der Waals surface area contributed by atoms with Crippen molar-refractivity contribution in [3.63, 3.8) is 0 Å². The molecule has 2 aromatic rings. The number of hydrogen-bond donors (Lipinski definition) is 2. The molecule has 0 atom stereocenters. The molecule has 0 unspecified atom stereocenters. The van der Waals surface area contributed by atoms with E-state index in [0.717, 1.165) is 11.3 Å². The van der Waals surface area contributed by atoms with Gasteiger partial charge in [-0.3, -0.25) is 10.7 Å². The second-order valence-electron chi connectivity index (χ2n) is 5.79. The van der Waals surface area contributed by atoms with Gasteiger partial charge in [0, 0.05) is 30.5 Å². The molecule has 0 amide bonds. The molecule has 0 saturated heterocycles. The van der Waals surface area contributed by atoms with Crippen LogP contribution in [0.4, 0.5) is 11.4 Å². The third-order valence-electron chi connectivity index (χ3n) is 3.83. The van der Waals surface area contributed by atoms with Crippen LogP contribution in [-0.4, -0.2) is 47.8 Å². The number of nitrogens with one attached hydrogen (secondary N) is 1. The number of alkyl halides is 2. The van der Waals surface area contributed by atoms with Crippen molar-refractivity contribution >= 4 is 52.3 Å². The van der Waals surface area contributed by atoms with E-state index in [1.165, 1.54) is 0 Å². The highest BCUT2D eigenvalue weighted by atomic mass is 35.5. The molecular weight excluding hydrogens is 397 g/mol. The monoisotopic (exact) mass is 419 g/mol. The van der Waals surface area contributed by atoms with Crippen molar-refractivity contribution in [2.24, 2.45) is 15.2 Å². The second kappa shape index (κ2) is 12.1. The molecule has 0 bridgehead atoms. The number of benzene rings is 2. The lowest BCUT2D eigenvalue weighted by molar-refractivity contribution is 0.236. The summed E-state index contributed by atoms with van der Waals surface area (Å²) in [6, 6.07) is 17.2. The van der Waals surface area contributed by atoms with Gasteiger partial charge in [0.25, 0.3) is 0 Å². The van der Waals surface area contributed by atoms with Crippen LogP contribution in [0.2, 0.25) is 0 Å². The maximum absolute atomic E-state index is 9.41. The van der Waals surface area contributed by atoms with Crippen molar-refractivity contribution in [1.82, 2.24) is 5.48 Å². The molecule has 2 rings (SSSR count). The average molecular weight is 420 g/mol. The molecule has 0 aliphatic heterocycles. The Morgan fingerprint density at radius 3 is 2.25 bits per heavy atom. The van der Waals surface area contributed by atoms with Gasteiger partial charge in [0.05, 0.1) is 11.9 Å². The normalized spacial score (nSPS) is 12.4. The Kier molecular flexibility index (Phi) is 9.48. The highest BCUT2D eigenvalue weighted by Crippen LogP contribution is 2.20. The van der Waals surface area contributed by atoms with Crippen molar-refractivity contribution in [2.75, 3.05) is 29.7 Å². The minimum Gasteiger partial charge on any atom is -0.369 e. The molecule has 0 fully saturated rings. The third kappa shape index (κ3) is 6.96. The SMILES string of the molecule is C/C(=N\N=C\c1ccccc1)C(=Nc1ccc(N(CCCl)CCCl)cc1)NO. The first kappa shape index (κ1) is 21.9. The fraction of sp³-hybridized carbons (Fsp3) is 0.250. The van der Waals surface area contributed by atoms with Crippen LogP contribution in [0.3, 0.4) is 0 Å². The van der Waals surface area contributed by atoms with Gasteiger partial charge in [0.15, 0.2) is 5.84 Å². The number of nitrogens with zero attached hydrogens (tertiary/aromatic N) is 4. The Bertz CT molecular complexity index is 801. The molecule has 0 radical (unpaired) electrons. The van der Waals surface area contributed by atoms with E-state index < -0.39 is 0 Å². The first-order chi connectivity index (χ1) is 13.7.